The van der Waals surface area contributed by atoms with E-state index in [4.69, 9.17) is 9.47 Å². The summed E-state index contributed by atoms with van der Waals surface area (Å²) < 4.78 is 12.2. The Hall–Kier alpha value is -2.89. The first-order chi connectivity index (χ1) is 11.6. The molecule has 1 aromatic rings. The molecule has 0 spiro atoms. The number of hydrogen-bond acceptors (Lipinski definition) is 4. The van der Waals surface area contributed by atoms with Crippen molar-refractivity contribution in [1.82, 2.24) is 0 Å². The standard InChI is InChI=1S/C18H19N2O4/c1-4-19-14-11-16(24-3)15(23-2)10-13(14)17(21)20(18(19)22)12-8-6-5-7-9-12/h5-11,13H,4H2,1-3H3/q+1. The second kappa shape index (κ2) is 6.31. The molecule has 6 nitrogen and oxygen atoms in total. The van der Waals surface area contributed by atoms with Gasteiger partial charge in [0.25, 0.3) is 0 Å². The average Bonchev–Trinajstić information content (AvgIpc) is 2.62. The van der Waals surface area contributed by atoms with E-state index in [1.54, 1.807) is 41.0 Å². The SMILES string of the molecule is CC[N+]1=C2C=C(OC)C(OC)=CC2C(=O)N(c2ccccc2)C1=O. The van der Waals surface area contributed by atoms with Crippen molar-refractivity contribution in [2.75, 3.05) is 25.7 Å². The number of methoxy groups -OCH3 is 2. The van der Waals surface area contributed by atoms with Gasteiger partial charge in [0.15, 0.2) is 11.5 Å². The van der Waals surface area contributed by atoms with Gasteiger partial charge in [0.1, 0.15) is 17.3 Å². The van der Waals surface area contributed by atoms with E-state index in [9.17, 15) is 9.59 Å². The van der Waals surface area contributed by atoms with Gasteiger partial charge in [0, 0.05) is 6.08 Å². The Kier molecular flexibility index (Phi) is 4.20. The molecule has 24 heavy (non-hydrogen) atoms. The largest absolute Gasteiger partial charge is 0.506 e. The van der Waals surface area contributed by atoms with E-state index in [0.717, 1.165) is 0 Å². The number of amides is 3. The Morgan fingerprint density at radius 2 is 1.75 bits per heavy atom. The summed E-state index contributed by atoms with van der Waals surface area (Å²) in [6, 6.07) is 8.57. The van der Waals surface area contributed by atoms with Gasteiger partial charge in [-0.15, -0.1) is 4.90 Å². The normalized spacial score (nSPS) is 20.5. The molecule has 0 bridgehead atoms. The monoisotopic (exact) mass is 327 g/mol. The molecule has 3 amide bonds. The number of carbonyl (C=O) groups excluding carboxylic acids is 2. The van der Waals surface area contributed by atoms with Gasteiger partial charge in [0.2, 0.25) is 0 Å². The molecule has 1 aliphatic heterocycles. The van der Waals surface area contributed by atoms with Crippen LogP contribution in [0.2, 0.25) is 0 Å². The van der Waals surface area contributed by atoms with Gasteiger partial charge in [-0.2, -0.15) is 9.37 Å². The van der Waals surface area contributed by atoms with Crippen molar-refractivity contribution in [2.45, 2.75) is 6.92 Å². The first-order valence-corrected chi connectivity index (χ1v) is 7.71. The lowest BCUT2D eigenvalue weighted by molar-refractivity contribution is -0.424. The van der Waals surface area contributed by atoms with Crippen molar-refractivity contribution in [3.63, 3.8) is 0 Å². The third-order valence-electron chi connectivity index (χ3n) is 4.15. The molecule has 1 unspecified atom stereocenters. The van der Waals surface area contributed by atoms with Crippen molar-refractivity contribution >= 4 is 23.3 Å². The summed E-state index contributed by atoms with van der Waals surface area (Å²) >= 11 is 0. The van der Waals surface area contributed by atoms with Crippen LogP contribution in [-0.4, -0.2) is 43.0 Å². The highest BCUT2D eigenvalue weighted by molar-refractivity contribution is 6.26. The number of carbonyl (C=O) groups is 2. The molecule has 1 atom stereocenters. The van der Waals surface area contributed by atoms with Crippen molar-refractivity contribution in [2.24, 2.45) is 5.92 Å². The number of imide groups is 1. The molecule has 124 valence electrons. The molecule has 1 aliphatic carbocycles. The third kappa shape index (κ3) is 2.40. The van der Waals surface area contributed by atoms with Crippen LogP contribution in [0.1, 0.15) is 6.92 Å². The Balaban J connectivity index is 2.16. The molecule has 0 saturated heterocycles. The van der Waals surface area contributed by atoms with Crippen LogP contribution in [0.25, 0.3) is 0 Å². The van der Waals surface area contributed by atoms with E-state index in [2.05, 4.69) is 0 Å². The first-order valence-electron chi connectivity index (χ1n) is 7.71. The summed E-state index contributed by atoms with van der Waals surface area (Å²) in [6.45, 7) is 2.32. The molecule has 1 aromatic carbocycles. The number of rotatable bonds is 4. The molecule has 3 rings (SSSR count). The first kappa shape index (κ1) is 16.0. The maximum Gasteiger partial charge on any atom is 0.506 e. The highest BCUT2D eigenvalue weighted by atomic mass is 16.5. The van der Waals surface area contributed by atoms with E-state index < -0.39 is 5.92 Å². The molecule has 0 fully saturated rings. The van der Waals surface area contributed by atoms with E-state index >= 15 is 0 Å². The second-order valence-corrected chi connectivity index (χ2v) is 5.39. The van der Waals surface area contributed by atoms with E-state index in [0.29, 0.717) is 29.5 Å². The number of urea groups is 1. The molecule has 1 heterocycles. The predicted octanol–water partition coefficient (Wildman–Crippen LogP) is 2.32. The smallest absolute Gasteiger partial charge is 0.493 e. The van der Waals surface area contributed by atoms with Crippen LogP contribution in [0.4, 0.5) is 10.5 Å². The molecule has 0 saturated carbocycles. The molecular formula is C18H19N2O4+. The molecule has 6 heteroatoms. The number of anilines is 1. The Morgan fingerprint density at radius 1 is 1.08 bits per heavy atom. The van der Waals surface area contributed by atoms with E-state index in [1.165, 1.54) is 19.1 Å². The molecule has 2 aliphatic rings. The van der Waals surface area contributed by atoms with Crippen molar-refractivity contribution < 1.29 is 23.6 Å². The van der Waals surface area contributed by atoms with E-state index in [-0.39, 0.29) is 11.9 Å². The van der Waals surface area contributed by atoms with Crippen molar-refractivity contribution in [3.05, 3.63) is 54.0 Å². The summed E-state index contributed by atoms with van der Waals surface area (Å²) in [6.07, 6.45) is 3.40. The Morgan fingerprint density at radius 3 is 2.33 bits per heavy atom. The van der Waals surface area contributed by atoms with Gasteiger partial charge >= 0.3 is 11.9 Å². The zero-order valence-corrected chi connectivity index (χ0v) is 13.9. The summed E-state index contributed by atoms with van der Waals surface area (Å²) in [7, 11) is 3.05. The topological polar surface area (TPSA) is 58.9 Å². The number of fused-ring (bicyclic) bond motifs is 1. The fourth-order valence-corrected chi connectivity index (χ4v) is 2.98. The number of allylic oxidation sites excluding steroid dienone is 1. The number of benzene rings is 1. The molecule has 0 radical (unpaired) electrons. The zero-order valence-electron chi connectivity index (χ0n) is 13.9. The number of para-hydroxylation sites is 1. The number of hydrogen-bond donors (Lipinski definition) is 0. The number of nitrogens with zero attached hydrogens (tertiary/aromatic N) is 2. The Labute approximate surface area is 140 Å². The lowest BCUT2D eigenvalue weighted by atomic mass is 9.92. The van der Waals surface area contributed by atoms with Gasteiger partial charge < -0.3 is 9.47 Å². The minimum atomic E-state index is -0.586. The van der Waals surface area contributed by atoms with Crippen LogP contribution in [0.5, 0.6) is 0 Å². The highest BCUT2D eigenvalue weighted by Crippen LogP contribution is 2.29. The molecule has 0 aromatic heterocycles. The van der Waals surface area contributed by atoms with Crippen LogP contribution < -0.4 is 4.90 Å². The molecule has 0 N–H and O–H groups in total. The summed E-state index contributed by atoms with van der Waals surface area (Å²) in [5.41, 5.74) is 1.16. The summed E-state index contributed by atoms with van der Waals surface area (Å²) in [5.74, 6) is 0.0949. The second-order valence-electron chi connectivity index (χ2n) is 5.39. The maximum atomic E-state index is 13.0. The minimum Gasteiger partial charge on any atom is -0.493 e. The van der Waals surface area contributed by atoms with Crippen LogP contribution in [0.15, 0.2) is 54.0 Å². The lowest BCUT2D eigenvalue weighted by Gasteiger charge is -2.28. The van der Waals surface area contributed by atoms with Crippen LogP contribution >= 0.6 is 0 Å². The predicted molar refractivity (Wildman–Crippen MR) is 88.8 cm³/mol. The lowest BCUT2D eigenvalue weighted by Crippen LogP contribution is -2.55. The number of ether oxygens (including phenoxy) is 2. The van der Waals surface area contributed by atoms with E-state index in [1.807, 2.05) is 13.0 Å². The fourth-order valence-electron chi connectivity index (χ4n) is 2.98. The van der Waals surface area contributed by atoms with Gasteiger partial charge in [-0.05, 0) is 25.1 Å². The van der Waals surface area contributed by atoms with Gasteiger partial charge in [-0.25, -0.2) is 4.79 Å². The third-order valence-corrected chi connectivity index (χ3v) is 4.15. The van der Waals surface area contributed by atoms with Crippen molar-refractivity contribution in [1.29, 1.82) is 0 Å². The van der Waals surface area contributed by atoms with Crippen molar-refractivity contribution in [3.8, 4) is 0 Å². The Bertz CT molecular complexity index is 777. The zero-order chi connectivity index (χ0) is 17.3. The average molecular weight is 327 g/mol. The maximum absolute atomic E-state index is 13.0. The fraction of sp³-hybridized carbons (Fsp3) is 0.278. The highest BCUT2D eigenvalue weighted by Gasteiger charge is 2.49. The van der Waals surface area contributed by atoms with Gasteiger partial charge in [0.05, 0.1) is 20.8 Å². The van der Waals surface area contributed by atoms with Crippen LogP contribution in [-0.2, 0) is 14.3 Å². The summed E-state index contributed by atoms with van der Waals surface area (Å²) in [4.78, 5) is 27.0. The van der Waals surface area contributed by atoms with Crippen LogP contribution in [0.3, 0.4) is 0 Å². The quantitative estimate of drug-likeness (QED) is 0.796. The van der Waals surface area contributed by atoms with Gasteiger partial charge in [-0.1, -0.05) is 18.2 Å². The summed E-state index contributed by atoms with van der Waals surface area (Å²) in [5, 5.41) is 0. The minimum absolute atomic E-state index is 0.299. The van der Waals surface area contributed by atoms with Gasteiger partial charge in [-0.3, -0.25) is 0 Å². The molecular weight excluding hydrogens is 308 g/mol. The van der Waals surface area contributed by atoms with Crippen LogP contribution in [0, 0.1) is 5.92 Å².